The molecular weight excluding hydrogens is 274 g/mol. The number of guanidine groups is 1. The lowest BCUT2D eigenvalue weighted by Gasteiger charge is -2.08. The third-order valence-electron chi connectivity index (χ3n) is 2.43. The van der Waals surface area contributed by atoms with Crippen molar-refractivity contribution in [3.8, 4) is 12.3 Å². The summed E-state index contributed by atoms with van der Waals surface area (Å²) >= 11 is 0. The molecule has 0 aromatic heterocycles. The zero-order valence-corrected chi connectivity index (χ0v) is 12.3. The first-order chi connectivity index (χ1) is 9.60. The highest BCUT2D eigenvalue weighted by Crippen LogP contribution is 2.09. The molecule has 0 spiro atoms. The van der Waals surface area contributed by atoms with Crippen LogP contribution in [0.15, 0.2) is 40.2 Å². The molecule has 1 aromatic rings. The van der Waals surface area contributed by atoms with E-state index in [1.165, 1.54) is 0 Å². The highest BCUT2D eigenvalue weighted by atomic mass is 32.2. The standard InChI is InChI=1S/C14H19N3O2S/c1-3-10-16-14(15-4-2)17-11-12-20(18,19)13-8-6-5-7-9-13/h1,5-9H,4,10-12H2,2H3,(H2,15,16,17). The summed E-state index contributed by atoms with van der Waals surface area (Å²) in [7, 11) is -3.29. The minimum atomic E-state index is -3.29. The fourth-order valence-electron chi connectivity index (χ4n) is 1.50. The summed E-state index contributed by atoms with van der Waals surface area (Å²) in [5.74, 6) is 2.92. The molecule has 0 aliphatic heterocycles. The molecule has 0 saturated heterocycles. The number of nitrogens with zero attached hydrogens (tertiary/aromatic N) is 1. The molecule has 0 saturated carbocycles. The predicted octanol–water partition coefficient (Wildman–Crippen LogP) is 0.649. The molecule has 0 unspecified atom stereocenters. The van der Waals surface area contributed by atoms with Crippen molar-refractivity contribution in [3.05, 3.63) is 30.3 Å². The second-order valence-corrected chi connectivity index (χ2v) is 6.06. The number of nitrogens with one attached hydrogen (secondary N) is 2. The van der Waals surface area contributed by atoms with Gasteiger partial charge in [0.2, 0.25) is 0 Å². The smallest absolute Gasteiger partial charge is 0.192 e. The van der Waals surface area contributed by atoms with Gasteiger partial charge in [-0.25, -0.2) is 8.42 Å². The summed E-state index contributed by atoms with van der Waals surface area (Å²) in [5.41, 5.74) is 0. The Hall–Kier alpha value is -2.00. The summed E-state index contributed by atoms with van der Waals surface area (Å²) in [6.07, 6.45) is 5.16. The van der Waals surface area contributed by atoms with Crippen LogP contribution in [-0.2, 0) is 9.84 Å². The van der Waals surface area contributed by atoms with Gasteiger partial charge in [0.25, 0.3) is 0 Å². The lowest BCUT2D eigenvalue weighted by atomic mass is 10.4. The van der Waals surface area contributed by atoms with Crippen molar-refractivity contribution in [1.29, 1.82) is 0 Å². The Morgan fingerprint density at radius 3 is 2.60 bits per heavy atom. The van der Waals surface area contributed by atoms with Gasteiger partial charge in [-0.1, -0.05) is 24.1 Å². The van der Waals surface area contributed by atoms with Crippen LogP contribution >= 0.6 is 0 Å². The third kappa shape index (κ3) is 5.33. The van der Waals surface area contributed by atoms with Crippen molar-refractivity contribution in [2.45, 2.75) is 11.8 Å². The van der Waals surface area contributed by atoms with E-state index >= 15 is 0 Å². The maximum Gasteiger partial charge on any atom is 0.192 e. The average molecular weight is 293 g/mol. The van der Waals surface area contributed by atoms with Gasteiger partial charge in [0.1, 0.15) is 0 Å². The first-order valence-electron chi connectivity index (χ1n) is 6.33. The number of terminal acetylenes is 1. The molecule has 0 radical (unpaired) electrons. The molecule has 2 N–H and O–H groups in total. The zero-order valence-electron chi connectivity index (χ0n) is 11.5. The number of benzene rings is 1. The highest BCUT2D eigenvalue weighted by Gasteiger charge is 2.12. The summed E-state index contributed by atoms with van der Waals surface area (Å²) in [6, 6.07) is 8.36. The van der Waals surface area contributed by atoms with E-state index in [1.54, 1.807) is 30.3 Å². The first kappa shape index (κ1) is 16.1. The SMILES string of the molecule is C#CCNC(=NCCS(=O)(=O)c1ccccc1)NCC. The van der Waals surface area contributed by atoms with Gasteiger partial charge in [-0.3, -0.25) is 4.99 Å². The van der Waals surface area contributed by atoms with Gasteiger partial charge >= 0.3 is 0 Å². The Labute approximate surface area is 120 Å². The van der Waals surface area contributed by atoms with E-state index in [4.69, 9.17) is 6.42 Å². The van der Waals surface area contributed by atoms with Crippen molar-refractivity contribution in [2.75, 3.05) is 25.4 Å². The Morgan fingerprint density at radius 2 is 2.00 bits per heavy atom. The molecule has 1 rings (SSSR count). The second-order valence-electron chi connectivity index (χ2n) is 3.95. The molecule has 0 bridgehead atoms. The van der Waals surface area contributed by atoms with Crippen LogP contribution in [0.5, 0.6) is 0 Å². The topological polar surface area (TPSA) is 70.6 Å². The fraction of sp³-hybridized carbons (Fsp3) is 0.357. The molecule has 6 heteroatoms. The van der Waals surface area contributed by atoms with Gasteiger partial charge in [0.15, 0.2) is 15.8 Å². The van der Waals surface area contributed by atoms with E-state index in [9.17, 15) is 8.42 Å². The Morgan fingerprint density at radius 1 is 1.30 bits per heavy atom. The number of hydrogen-bond donors (Lipinski definition) is 2. The van der Waals surface area contributed by atoms with Gasteiger partial charge in [-0.15, -0.1) is 6.42 Å². The summed E-state index contributed by atoms with van der Waals surface area (Å²) in [6.45, 7) is 3.13. The molecule has 0 fully saturated rings. The molecule has 20 heavy (non-hydrogen) atoms. The molecule has 0 aliphatic rings. The van der Waals surface area contributed by atoms with Crippen LogP contribution in [-0.4, -0.2) is 39.8 Å². The first-order valence-corrected chi connectivity index (χ1v) is 7.99. The molecule has 5 nitrogen and oxygen atoms in total. The van der Waals surface area contributed by atoms with Crippen molar-refractivity contribution >= 4 is 15.8 Å². The van der Waals surface area contributed by atoms with E-state index in [0.717, 1.165) is 0 Å². The molecule has 0 heterocycles. The molecule has 0 aliphatic carbocycles. The van der Waals surface area contributed by atoms with E-state index < -0.39 is 9.84 Å². The van der Waals surface area contributed by atoms with E-state index in [0.29, 0.717) is 23.9 Å². The van der Waals surface area contributed by atoms with Crippen LogP contribution in [0, 0.1) is 12.3 Å². The Kier molecular flexibility index (Phi) is 6.60. The van der Waals surface area contributed by atoms with Crippen molar-refractivity contribution < 1.29 is 8.42 Å². The monoisotopic (exact) mass is 293 g/mol. The maximum atomic E-state index is 12.0. The van der Waals surface area contributed by atoms with Gasteiger partial charge in [-0.2, -0.15) is 0 Å². The molecule has 1 aromatic carbocycles. The second kappa shape index (κ2) is 8.23. The van der Waals surface area contributed by atoms with E-state index in [1.807, 2.05) is 6.92 Å². The Bertz CT molecular complexity index is 574. The van der Waals surface area contributed by atoms with E-state index in [2.05, 4.69) is 21.5 Å². The van der Waals surface area contributed by atoms with Crippen LogP contribution in [0.1, 0.15) is 6.92 Å². The van der Waals surface area contributed by atoms with Crippen molar-refractivity contribution in [2.24, 2.45) is 4.99 Å². The summed E-state index contributed by atoms with van der Waals surface area (Å²) < 4.78 is 24.1. The molecular formula is C14H19N3O2S. The normalized spacial score (nSPS) is 11.7. The highest BCUT2D eigenvalue weighted by molar-refractivity contribution is 7.91. The van der Waals surface area contributed by atoms with Gasteiger partial charge in [0, 0.05) is 6.54 Å². The maximum absolute atomic E-state index is 12.0. The van der Waals surface area contributed by atoms with E-state index in [-0.39, 0.29) is 12.3 Å². The van der Waals surface area contributed by atoms with Crippen molar-refractivity contribution in [1.82, 2.24) is 10.6 Å². The van der Waals surface area contributed by atoms with Crippen LogP contribution in [0.3, 0.4) is 0 Å². The largest absolute Gasteiger partial charge is 0.357 e. The molecule has 0 atom stereocenters. The third-order valence-corrected chi connectivity index (χ3v) is 4.14. The number of rotatable bonds is 6. The van der Waals surface area contributed by atoms with Gasteiger partial charge in [0.05, 0.1) is 23.7 Å². The quantitative estimate of drug-likeness (QED) is 0.459. The fourth-order valence-corrected chi connectivity index (χ4v) is 2.64. The Balaban J connectivity index is 2.63. The van der Waals surface area contributed by atoms with Crippen LogP contribution in [0.4, 0.5) is 0 Å². The lowest BCUT2D eigenvalue weighted by molar-refractivity contribution is 0.596. The van der Waals surface area contributed by atoms with Crippen LogP contribution in [0.25, 0.3) is 0 Å². The number of hydrogen-bond acceptors (Lipinski definition) is 3. The van der Waals surface area contributed by atoms with Gasteiger partial charge < -0.3 is 10.6 Å². The summed E-state index contributed by atoms with van der Waals surface area (Å²) in [4.78, 5) is 4.50. The molecule has 0 amide bonds. The average Bonchev–Trinajstić information content (AvgIpc) is 2.45. The minimum absolute atomic E-state index is 0.0381. The molecule has 108 valence electrons. The van der Waals surface area contributed by atoms with Crippen molar-refractivity contribution in [3.63, 3.8) is 0 Å². The van der Waals surface area contributed by atoms with Crippen LogP contribution < -0.4 is 10.6 Å². The summed E-state index contributed by atoms with van der Waals surface area (Å²) in [5, 5.41) is 5.90. The number of sulfone groups is 1. The zero-order chi connectivity index (χ0) is 14.8. The minimum Gasteiger partial charge on any atom is -0.357 e. The lowest BCUT2D eigenvalue weighted by Crippen LogP contribution is -2.37. The van der Waals surface area contributed by atoms with Gasteiger partial charge in [-0.05, 0) is 19.1 Å². The van der Waals surface area contributed by atoms with Crippen LogP contribution in [0.2, 0.25) is 0 Å². The predicted molar refractivity (Wildman–Crippen MR) is 81.3 cm³/mol. The number of aliphatic imine (C=N–C) groups is 1.